The highest BCUT2D eigenvalue weighted by Crippen LogP contribution is 2.25. The molecular formula is C23H31N3O4S. The number of carbonyl (C=O) groups is 2. The van der Waals surface area contributed by atoms with Crippen molar-refractivity contribution in [3.8, 4) is 0 Å². The summed E-state index contributed by atoms with van der Waals surface area (Å²) >= 11 is 0. The van der Waals surface area contributed by atoms with E-state index in [2.05, 4.69) is 10.6 Å². The van der Waals surface area contributed by atoms with Gasteiger partial charge in [-0.2, -0.15) is 0 Å². The van der Waals surface area contributed by atoms with Crippen molar-refractivity contribution in [2.24, 2.45) is 0 Å². The predicted octanol–water partition coefficient (Wildman–Crippen LogP) is 3.62. The second kappa shape index (κ2) is 9.09. The molecule has 168 valence electrons. The van der Waals surface area contributed by atoms with Crippen LogP contribution in [-0.2, 0) is 14.8 Å². The molecule has 2 N–H and O–H groups in total. The van der Waals surface area contributed by atoms with Gasteiger partial charge in [0.05, 0.1) is 23.2 Å². The maximum absolute atomic E-state index is 13.0. The quantitative estimate of drug-likeness (QED) is 0.710. The van der Waals surface area contributed by atoms with E-state index in [0.717, 1.165) is 21.7 Å². The largest absolute Gasteiger partial charge is 0.347 e. The smallest absolute Gasteiger partial charge is 0.253 e. The van der Waals surface area contributed by atoms with E-state index < -0.39 is 27.5 Å². The number of nitrogens with one attached hydrogen (secondary N) is 2. The van der Waals surface area contributed by atoms with Crippen LogP contribution in [0.1, 0.15) is 49.2 Å². The highest BCUT2D eigenvalue weighted by molar-refractivity contribution is 7.92. The molecule has 0 radical (unpaired) electrons. The maximum Gasteiger partial charge on any atom is 0.253 e. The van der Waals surface area contributed by atoms with Gasteiger partial charge in [0.2, 0.25) is 15.9 Å². The zero-order valence-corrected chi connectivity index (χ0v) is 19.9. The zero-order chi connectivity index (χ0) is 23.6. The number of carbonyl (C=O) groups excluding carboxylic acids is 2. The lowest BCUT2D eigenvalue weighted by Gasteiger charge is -2.29. The first-order chi connectivity index (χ1) is 14.2. The van der Waals surface area contributed by atoms with Gasteiger partial charge in [0.15, 0.2) is 0 Å². The van der Waals surface area contributed by atoms with E-state index in [4.69, 9.17) is 0 Å². The molecule has 0 fully saturated rings. The van der Waals surface area contributed by atoms with Gasteiger partial charge < -0.3 is 10.6 Å². The van der Waals surface area contributed by atoms with Crippen LogP contribution >= 0.6 is 0 Å². The molecule has 8 heteroatoms. The van der Waals surface area contributed by atoms with E-state index in [1.165, 1.54) is 6.92 Å². The number of amides is 2. The number of benzene rings is 2. The van der Waals surface area contributed by atoms with Crippen molar-refractivity contribution in [3.63, 3.8) is 0 Å². The average Bonchev–Trinajstić information content (AvgIpc) is 2.62. The highest BCUT2D eigenvalue weighted by atomic mass is 32.2. The van der Waals surface area contributed by atoms with Gasteiger partial charge in [-0.3, -0.25) is 13.9 Å². The first kappa shape index (κ1) is 24.4. The van der Waals surface area contributed by atoms with Crippen molar-refractivity contribution in [1.29, 1.82) is 0 Å². The van der Waals surface area contributed by atoms with Crippen molar-refractivity contribution in [2.45, 2.75) is 53.1 Å². The second-order valence-electron chi connectivity index (χ2n) is 8.74. The molecule has 2 amide bonds. The minimum Gasteiger partial charge on any atom is -0.347 e. The molecule has 0 aliphatic carbocycles. The summed E-state index contributed by atoms with van der Waals surface area (Å²) in [6.07, 6.45) is 1.07. The maximum atomic E-state index is 13.0. The van der Waals surface area contributed by atoms with Gasteiger partial charge in [-0.25, -0.2) is 8.42 Å². The van der Waals surface area contributed by atoms with Crippen molar-refractivity contribution in [2.75, 3.05) is 15.9 Å². The molecule has 0 aromatic heterocycles. The van der Waals surface area contributed by atoms with E-state index in [-0.39, 0.29) is 5.91 Å². The number of para-hydroxylation sites is 1. The van der Waals surface area contributed by atoms with Crippen molar-refractivity contribution in [1.82, 2.24) is 5.32 Å². The molecule has 2 aromatic carbocycles. The molecule has 0 heterocycles. The van der Waals surface area contributed by atoms with Gasteiger partial charge in [0.1, 0.15) is 6.04 Å². The first-order valence-corrected chi connectivity index (χ1v) is 11.8. The summed E-state index contributed by atoms with van der Waals surface area (Å²) in [5.41, 5.74) is 2.52. The van der Waals surface area contributed by atoms with Crippen LogP contribution < -0.4 is 14.9 Å². The molecule has 0 bridgehead atoms. The van der Waals surface area contributed by atoms with Gasteiger partial charge in [-0.15, -0.1) is 0 Å². The summed E-state index contributed by atoms with van der Waals surface area (Å²) in [7, 11) is -3.74. The zero-order valence-electron chi connectivity index (χ0n) is 19.1. The number of hydrogen-bond donors (Lipinski definition) is 2. The van der Waals surface area contributed by atoms with E-state index in [1.54, 1.807) is 36.4 Å². The Bertz CT molecular complexity index is 1090. The molecular weight excluding hydrogens is 414 g/mol. The monoisotopic (exact) mass is 445 g/mol. The Labute approximate surface area is 184 Å². The fraction of sp³-hybridized carbons (Fsp3) is 0.391. The summed E-state index contributed by atoms with van der Waals surface area (Å²) in [5, 5.41) is 5.59. The summed E-state index contributed by atoms with van der Waals surface area (Å²) in [6.45, 7) is 10.9. The Balaban J connectivity index is 2.36. The van der Waals surface area contributed by atoms with Crippen LogP contribution in [0.5, 0.6) is 0 Å². The minimum atomic E-state index is -3.74. The lowest BCUT2D eigenvalue weighted by atomic mass is 10.1. The molecule has 1 atom stereocenters. The summed E-state index contributed by atoms with van der Waals surface area (Å²) in [5.74, 6) is -0.871. The minimum absolute atomic E-state index is 0.301. The van der Waals surface area contributed by atoms with Crippen LogP contribution in [-0.4, -0.2) is 38.1 Å². The van der Waals surface area contributed by atoms with Crippen LogP contribution in [0.4, 0.5) is 11.4 Å². The van der Waals surface area contributed by atoms with Gasteiger partial charge in [0.25, 0.3) is 5.91 Å². The topological polar surface area (TPSA) is 95.6 Å². The lowest BCUT2D eigenvalue weighted by molar-refractivity contribution is -0.116. The Morgan fingerprint density at radius 1 is 1.00 bits per heavy atom. The molecule has 0 saturated heterocycles. The number of rotatable bonds is 6. The number of hydrogen-bond acceptors (Lipinski definition) is 4. The predicted molar refractivity (Wildman–Crippen MR) is 125 cm³/mol. The number of anilines is 2. The van der Waals surface area contributed by atoms with E-state index in [1.807, 2.05) is 40.7 Å². The molecule has 2 aromatic rings. The van der Waals surface area contributed by atoms with Gasteiger partial charge >= 0.3 is 0 Å². The van der Waals surface area contributed by atoms with Gasteiger partial charge in [-0.1, -0.05) is 18.2 Å². The summed E-state index contributed by atoms with van der Waals surface area (Å²) < 4.78 is 26.2. The van der Waals surface area contributed by atoms with E-state index in [0.29, 0.717) is 16.9 Å². The summed E-state index contributed by atoms with van der Waals surface area (Å²) in [6, 6.07) is 10.8. The van der Waals surface area contributed by atoms with Crippen LogP contribution in [0.2, 0.25) is 0 Å². The van der Waals surface area contributed by atoms with Crippen LogP contribution in [0.15, 0.2) is 42.5 Å². The molecule has 7 nitrogen and oxygen atoms in total. The van der Waals surface area contributed by atoms with Crippen molar-refractivity contribution >= 4 is 33.2 Å². The van der Waals surface area contributed by atoms with E-state index in [9.17, 15) is 18.0 Å². The van der Waals surface area contributed by atoms with E-state index >= 15 is 0 Å². The lowest BCUT2D eigenvalue weighted by Crippen LogP contribution is -2.46. The van der Waals surface area contributed by atoms with Crippen LogP contribution in [0, 0.1) is 13.8 Å². The molecule has 0 spiro atoms. The molecule has 31 heavy (non-hydrogen) atoms. The Morgan fingerprint density at radius 3 is 2.16 bits per heavy atom. The number of nitrogens with zero attached hydrogens (tertiary/aromatic N) is 1. The third-order valence-electron chi connectivity index (χ3n) is 4.75. The van der Waals surface area contributed by atoms with Gasteiger partial charge in [0, 0.05) is 5.54 Å². The fourth-order valence-electron chi connectivity index (χ4n) is 3.11. The molecule has 0 unspecified atom stereocenters. The molecule has 0 saturated carbocycles. The molecule has 0 aliphatic heterocycles. The second-order valence-corrected chi connectivity index (χ2v) is 10.6. The summed E-state index contributed by atoms with van der Waals surface area (Å²) in [4.78, 5) is 25.7. The number of sulfonamides is 1. The molecule has 0 aliphatic rings. The Hall–Kier alpha value is -2.87. The SMILES string of the molecule is Cc1ccc(N([C@@H](C)C(=O)Nc2ccccc2C(=O)NC(C)(C)C)S(C)(=O)=O)cc1C. The third kappa shape index (κ3) is 6.30. The molecule has 2 rings (SSSR count). The van der Waals surface area contributed by atoms with Crippen LogP contribution in [0.25, 0.3) is 0 Å². The first-order valence-electron chi connectivity index (χ1n) is 10.00. The fourth-order valence-corrected chi connectivity index (χ4v) is 4.27. The Kier molecular flexibility index (Phi) is 7.16. The standard InChI is InChI=1S/C23H31N3O4S/c1-15-12-13-18(14-16(15)2)26(31(7,29)30)17(3)21(27)24-20-11-9-8-10-19(20)22(28)25-23(4,5)6/h8-14,17H,1-7H3,(H,24,27)(H,25,28)/t17-/m0/s1. The van der Waals surface area contributed by atoms with Crippen LogP contribution in [0.3, 0.4) is 0 Å². The number of aryl methyl sites for hydroxylation is 2. The third-order valence-corrected chi connectivity index (χ3v) is 5.99. The normalized spacial score (nSPS) is 12.7. The van der Waals surface area contributed by atoms with Crippen molar-refractivity contribution in [3.05, 3.63) is 59.2 Å². The van der Waals surface area contributed by atoms with Gasteiger partial charge in [-0.05, 0) is 76.9 Å². The van der Waals surface area contributed by atoms with Crippen molar-refractivity contribution < 1.29 is 18.0 Å². The highest BCUT2D eigenvalue weighted by Gasteiger charge is 2.30. The Morgan fingerprint density at radius 2 is 1.61 bits per heavy atom. The average molecular weight is 446 g/mol.